The normalized spacial score (nSPS) is 9.89. The van der Waals surface area contributed by atoms with E-state index in [-0.39, 0.29) is 12.5 Å². The summed E-state index contributed by atoms with van der Waals surface area (Å²) >= 11 is 0. The van der Waals surface area contributed by atoms with Crippen LogP contribution in [0.15, 0.2) is 36.9 Å². The second-order valence-corrected chi connectivity index (χ2v) is 3.84. The zero-order chi connectivity index (χ0) is 13.4. The molecule has 0 atom stereocenters. The molecule has 0 saturated heterocycles. The Morgan fingerprint density at radius 1 is 1.50 bits per heavy atom. The molecule has 0 aliphatic rings. The van der Waals surface area contributed by atoms with E-state index in [1.165, 1.54) is 0 Å². The van der Waals surface area contributed by atoms with Gasteiger partial charge in [0.1, 0.15) is 0 Å². The molecular formula is C14H20N2O2. The lowest BCUT2D eigenvalue weighted by atomic mass is 10.1. The smallest absolute Gasteiger partial charge is 0.256 e. The molecule has 0 fully saturated rings. The minimum Gasteiger partial charge on any atom is -0.395 e. The molecule has 0 bridgehead atoms. The Morgan fingerprint density at radius 3 is 2.83 bits per heavy atom. The van der Waals surface area contributed by atoms with E-state index in [9.17, 15) is 4.79 Å². The lowest BCUT2D eigenvalue weighted by molar-refractivity contribution is 0.0744. The molecule has 18 heavy (non-hydrogen) atoms. The summed E-state index contributed by atoms with van der Waals surface area (Å²) in [5, 5.41) is 12.1. The van der Waals surface area contributed by atoms with Crippen molar-refractivity contribution in [3.8, 4) is 0 Å². The van der Waals surface area contributed by atoms with E-state index in [0.29, 0.717) is 18.7 Å². The van der Waals surface area contributed by atoms with Gasteiger partial charge in [0, 0.05) is 25.3 Å². The third-order valence-electron chi connectivity index (χ3n) is 2.53. The van der Waals surface area contributed by atoms with Crippen molar-refractivity contribution in [3.63, 3.8) is 0 Å². The minimum atomic E-state index is -0.0968. The number of hydrogen-bond acceptors (Lipinski definition) is 3. The highest BCUT2D eigenvalue weighted by Gasteiger charge is 2.16. The fourth-order valence-electron chi connectivity index (χ4n) is 1.74. The van der Waals surface area contributed by atoms with Gasteiger partial charge in [0.05, 0.1) is 12.2 Å². The van der Waals surface area contributed by atoms with Crippen molar-refractivity contribution < 1.29 is 9.90 Å². The second-order valence-electron chi connectivity index (χ2n) is 3.84. The van der Waals surface area contributed by atoms with Gasteiger partial charge in [0.15, 0.2) is 0 Å². The first-order valence-corrected chi connectivity index (χ1v) is 6.08. The van der Waals surface area contributed by atoms with Crippen molar-refractivity contribution in [1.29, 1.82) is 0 Å². The number of rotatable bonds is 7. The molecule has 0 aliphatic heterocycles. The van der Waals surface area contributed by atoms with Crippen LogP contribution in [0.25, 0.3) is 0 Å². The largest absolute Gasteiger partial charge is 0.395 e. The number of hydrogen-bond donors (Lipinski definition) is 2. The molecule has 1 amide bonds. The monoisotopic (exact) mass is 248 g/mol. The van der Waals surface area contributed by atoms with Crippen LogP contribution < -0.4 is 5.32 Å². The molecule has 0 aliphatic carbocycles. The summed E-state index contributed by atoms with van der Waals surface area (Å²) < 4.78 is 0. The topological polar surface area (TPSA) is 52.6 Å². The van der Waals surface area contributed by atoms with Gasteiger partial charge in [-0.05, 0) is 19.1 Å². The molecule has 4 heteroatoms. The number of anilines is 1. The highest BCUT2D eigenvalue weighted by atomic mass is 16.3. The number of carbonyl (C=O) groups is 1. The first-order valence-electron chi connectivity index (χ1n) is 6.08. The van der Waals surface area contributed by atoms with E-state index < -0.39 is 0 Å². The predicted octanol–water partition coefficient (Wildman–Crippen LogP) is 1.74. The Balaban J connectivity index is 2.96. The lowest BCUT2D eigenvalue weighted by Crippen LogP contribution is -2.34. The van der Waals surface area contributed by atoms with E-state index >= 15 is 0 Å². The maximum Gasteiger partial charge on any atom is 0.256 e. The lowest BCUT2D eigenvalue weighted by Gasteiger charge is -2.21. The molecule has 4 nitrogen and oxygen atoms in total. The molecular weight excluding hydrogens is 228 g/mol. The summed E-state index contributed by atoms with van der Waals surface area (Å²) in [5.74, 6) is -0.0968. The quantitative estimate of drug-likeness (QED) is 0.723. The number of nitrogens with one attached hydrogen (secondary N) is 1. The van der Waals surface area contributed by atoms with Crippen molar-refractivity contribution in [2.45, 2.75) is 6.92 Å². The molecule has 0 spiro atoms. The van der Waals surface area contributed by atoms with Crippen molar-refractivity contribution in [3.05, 3.63) is 42.5 Å². The summed E-state index contributed by atoms with van der Waals surface area (Å²) in [5.41, 5.74) is 1.44. The maximum atomic E-state index is 12.3. The Labute approximate surface area is 108 Å². The summed E-state index contributed by atoms with van der Waals surface area (Å²) in [6.45, 7) is 7.05. The van der Waals surface area contributed by atoms with E-state index in [0.717, 1.165) is 12.2 Å². The molecule has 0 radical (unpaired) electrons. The maximum absolute atomic E-state index is 12.3. The van der Waals surface area contributed by atoms with Crippen LogP contribution in [0.1, 0.15) is 17.3 Å². The van der Waals surface area contributed by atoms with Crippen molar-refractivity contribution in [2.75, 3.05) is 31.6 Å². The Morgan fingerprint density at radius 2 is 2.22 bits per heavy atom. The number of nitrogens with zero attached hydrogens (tertiary/aromatic N) is 1. The summed E-state index contributed by atoms with van der Waals surface area (Å²) in [7, 11) is 0. The van der Waals surface area contributed by atoms with Gasteiger partial charge in [0.2, 0.25) is 0 Å². The molecule has 1 aromatic rings. The van der Waals surface area contributed by atoms with Gasteiger partial charge in [0.25, 0.3) is 5.91 Å². The predicted molar refractivity (Wildman–Crippen MR) is 73.8 cm³/mol. The van der Waals surface area contributed by atoms with Gasteiger partial charge in [-0.25, -0.2) is 0 Å². The van der Waals surface area contributed by atoms with Crippen LogP contribution in [0.3, 0.4) is 0 Å². The van der Waals surface area contributed by atoms with E-state index in [2.05, 4.69) is 11.9 Å². The molecule has 98 valence electrons. The molecule has 0 aromatic heterocycles. The first-order chi connectivity index (χ1) is 8.74. The Hall–Kier alpha value is -1.81. The summed E-state index contributed by atoms with van der Waals surface area (Å²) in [4.78, 5) is 13.9. The summed E-state index contributed by atoms with van der Waals surface area (Å²) in [6.07, 6.45) is 1.66. The van der Waals surface area contributed by atoms with Crippen molar-refractivity contribution >= 4 is 11.6 Å². The summed E-state index contributed by atoms with van der Waals surface area (Å²) in [6, 6.07) is 7.38. The third kappa shape index (κ3) is 3.60. The number of amides is 1. The van der Waals surface area contributed by atoms with Gasteiger partial charge in [-0.15, -0.1) is 6.58 Å². The fourth-order valence-corrected chi connectivity index (χ4v) is 1.74. The zero-order valence-electron chi connectivity index (χ0n) is 10.7. The second kappa shape index (κ2) is 7.50. The van der Waals surface area contributed by atoms with E-state index in [4.69, 9.17) is 5.11 Å². The number of para-hydroxylation sites is 1. The van der Waals surface area contributed by atoms with Crippen LogP contribution in [0.5, 0.6) is 0 Å². The first kappa shape index (κ1) is 14.3. The number of aliphatic hydroxyl groups excluding tert-OH is 1. The van der Waals surface area contributed by atoms with Crippen LogP contribution in [-0.4, -0.2) is 42.2 Å². The Kier molecular flexibility index (Phi) is 5.94. The van der Waals surface area contributed by atoms with Crippen molar-refractivity contribution in [1.82, 2.24) is 4.90 Å². The number of benzene rings is 1. The highest BCUT2D eigenvalue weighted by Crippen LogP contribution is 2.17. The van der Waals surface area contributed by atoms with Gasteiger partial charge >= 0.3 is 0 Å². The average Bonchev–Trinajstić information content (AvgIpc) is 2.39. The molecule has 0 unspecified atom stereocenters. The fraction of sp³-hybridized carbons (Fsp3) is 0.357. The molecule has 0 heterocycles. The molecule has 0 saturated carbocycles. The third-order valence-corrected chi connectivity index (χ3v) is 2.53. The van der Waals surface area contributed by atoms with Crippen LogP contribution >= 0.6 is 0 Å². The SMILES string of the molecule is C=CCN(CCO)C(=O)c1ccccc1NCC. The van der Waals surface area contributed by atoms with Crippen LogP contribution in [0, 0.1) is 0 Å². The minimum absolute atomic E-state index is 0.0526. The standard InChI is InChI=1S/C14H20N2O2/c1-3-9-16(10-11-17)14(18)12-7-5-6-8-13(12)15-4-2/h3,5-8,15,17H,1,4,9-11H2,2H3. The zero-order valence-corrected chi connectivity index (χ0v) is 10.7. The average molecular weight is 248 g/mol. The highest BCUT2D eigenvalue weighted by molar-refractivity contribution is 5.99. The molecule has 1 aromatic carbocycles. The van der Waals surface area contributed by atoms with E-state index in [1.807, 2.05) is 25.1 Å². The van der Waals surface area contributed by atoms with Crippen LogP contribution in [0.2, 0.25) is 0 Å². The van der Waals surface area contributed by atoms with Crippen LogP contribution in [0.4, 0.5) is 5.69 Å². The Bertz CT molecular complexity index is 405. The van der Waals surface area contributed by atoms with Gasteiger partial charge in [-0.2, -0.15) is 0 Å². The van der Waals surface area contributed by atoms with E-state index in [1.54, 1.807) is 17.0 Å². The van der Waals surface area contributed by atoms with Gasteiger partial charge in [-0.1, -0.05) is 18.2 Å². The number of carbonyl (C=O) groups excluding carboxylic acids is 1. The van der Waals surface area contributed by atoms with Gasteiger partial charge < -0.3 is 15.3 Å². The molecule has 2 N–H and O–H groups in total. The number of aliphatic hydroxyl groups is 1. The van der Waals surface area contributed by atoms with Gasteiger partial charge in [-0.3, -0.25) is 4.79 Å². The van der Waals surface area contributed by atoms with Crippen LogP contribution in [-0.2, 0) is 0 Å². The van der Waals surface area contributed by atoms with Crippen molar-refractivity contribution in [2.24, 2.45) is 0 Å². The molecule has 1 rings (SSSR count).